The van der Waals surface area contributed by atoms with Crippen LogP contribution in [0.25, 0.3) is 0 Å². The molecule has 0 unspecified atom stereocenters. The molecule has 0 radical (unpaired) electrons. The largest absolute Gasteiger partial charge is 0.497 e. The van der Waals surface area contributed by atoms with Crippen LogP contribution in [0.5, 0.6) is 5.75 Å². The van der Waals surface area contributed by atoms with Crippen LogP contribution in [0.1, 0.15) is 15.9 Å². The lowest BCUT2D eigenvalue weighted by Gasteiger charge is -2.12. The molecule has 9 heteroatoms. The van der Waals surface area contributed by atoms with Crippen LogP contribution in [0.3, 0.4) is 0 Å². The van der Waals surface area contributed by atoms with E-state index in [9.17, 15) is 14.9 Å². The number of methoxy groups -OCH3 is 1. The number of benzene rings is 2. The summed E-state index contributed by atoms with van der Waals surface area (Å²) < 4.78 is 5.07. The molecule has 7 nitrogen and oxygen atoms in total. The van der Waals surface area contributed by atoms with E-state index < -0.39 is 10.8 Å². The zero-order valence-corrected chi connectivity index (χ0v) is 14.9. The fraction of sp³-hybridized carbons (Fsp3) is 0.125. The van der Waals surface area contributed by atoms with Crippen molar-refractivity contribution in [2.75, 3.05) is 12.4 Å². The zero-order chi connectivity index (χ0) is 18.6. The summed E-state index contributed by atoms with van der Waals surface area (Å²) in [5.41, 5.74) is 1.21. The van der Waals surface area contributed by atoms with Gasteiger partial charge in [-0.05, 0) is 49.0 Å². The molecule has 0 aliphatic carbocycles. The molecule has 0 saturated carbocycles. The Morgan fingerprint density at radius 3 is 2.68 bits per heavy atom. The van der Waals surface area contributed by atoms with Crippen LogP contribution in [0.15, 0.2) is 36.4 Å². The molecule has 2 aromatic carbocycles. The van der Waals surface area contributed by atoms with Crippen LogP contribution in [0.4, 0.5) is 11.4 Å². The third-order valence-corrected chi connectivity index (χ3v) is 3.80. The standard InChI is InChI=1S/C16H14ClN3O4S/c1-9-6-14(20(22)23)12(17)8-13(9)18-16(25)19-15(21)10-4-3-5-11(7-10)24-2/h3-8H,1-2H3,(H2,18,19,21,25). The number of rotatable bonds is 4. The molecule has 0 aromatic heterocycles. The number of carbonyl (C=O) groups is 1. The van der Waals surface area contributed by atoms with E-state index in [4.69, 9.17) is 28.6 Å². The lowest BCUT2D eigenvalue weighted by molar-refractivity contribution is -0.384. The number of amides is 1. The zero-order valence-electron chi connectivity index (χ0n) is 13.3. The summed E-state index contributed by atoms with van der Waals surface area (Å²) in [5.74, 6) is 0.131. The first-order valence-corrected chi connectivity index (χ1v) is 7.81. The quantitative estimate of drug-likeness (QED) is 0.478. The van der Waals surface area contributed by atoms with E-state index in [1.165, 1.54) is 19.2 Å². The van der Waals surface area contributed by atoms with Gasteiger partial charge >= 0.3 is 0 Å². The van der Waals surface area contributed by atoms with E-state index in [0.717, 1.165) is 0 Å². The second kappa shape index (κ2) is 7.91. The Balaban J connectivity index is 2.11. The van der Waals surface area contributed by atoms with Crippen molar-refractivity contribution in [3.63, 3.8) is 0 Å². The van der Waals surface area contributed by atoms with Crippen LogP contribution >= 0.6 is 23.8 Å². The highest BCUT2D eigenvalue weighted by molar-refractivity contribution is 7.80. The van der Waals surface area contributed by atoms with Crippen LogP contribution < -0.4 is 15.4 Å². The van der Waals surface area contributed by atoms with Crippen molar-refractivity contribution in [1.29, 1.82) is 0 Å². The number of nitrogens with one attached hydrogen (secondary N) is 2. The summed E-state index contributed by atoms with van der Waals surface area (Å²) in [5, 5.41) is 16.2. The van der Waals surface area contributed by atoms with Gasteiger partial charge in [0, 0.05) is 17.3 Å². The number of ether oxygens (including phenoxy) is 1. The number of halogens is 1. The average Bonchev–Trinajstić information content (AvgIpc) is 2.57. The highest BCUT2D eigenvalue weighted by Crippen LogP contribution is 2.30. The van der Waals surface area contributed by atoms with Gasteiger partial charge in [-0.3, -0.25) is 20.2 Å². The molecular weight excluding hydrogens is 366 g/mol. The topological polar surface area (TPSA) is 93.5 Å². The molecule has 0 bridgehead atoms. The molecule has 0 atom stereocenters. The van der Waals surface area contributed by atoms with Gasteiger partial charge in [-0.15, -0.1) is 0 Å². The summed E-state index contributed by atoms with van der Waals surface area (Å²) in [6, 6.07) is 9.32. The second-order valence-electron chi connectivity index (χ2n) is 5.02. The maximum atomic E-state index is 12.2. The number of nitrogens with zero attached hydrogens (tertiary/aromatic N) is 1. The van der Waals surface area contributed by atoms with Gasteiger partial charge in [0.1, 0.15) is 10.8 Å². The molecule has 2 aromatic rings. The Labute approximate surface area is 154 Å². The van der Waals surface area contributed by atoms with E-state index in [1.54, 1.807) is 31.2 Å². The van der Waals surface area contributed by atoms with Gasteiger partial charge in [0.25, 0.3) is 11.6 Å². The predicted octanol–water partition coefficient (Wildman–Crippen LogP) is 3.69. The number of aryl methyl sites for hydroxylation is 1. The number of thiocarbonyl (C=S) groups is 1. The van der Waals surface area contributed by atoms with Crippen LogP contribution in [0.2, 0.25) is 5.02 Å². The summed E-state index contributed by atoms with van der Waals surface area (Å²) in [7, 11) is 1.50. The van der Waals surface area contributed by atoms with E-state index in [0.29, 0.717) is 22.6 Å². The molecule has 0 aliphatic heterocycles. The molecule has 0 heterocycles. The summed E-state index contributed by atoms with van der Waals surface area (Å²) in [6.07, 6.45) is 0. The second-order valence-corrected chi connectivity index (χ2v) is 5.83. The van der Waals surface area contributed by atoms with Crippen molar-refractivity contribution in [2.45, 2.75) is 6.92 Å². The minimum Gasteiger partial charge on any atom is -0.497 e. The minimum absolute atomic E-state index is 0.0278. The van der Waals surface area contributed by atoms with Gasteiger partial charge in [0.2, 0.25) is 0 Å². The van der Waals surface area contributed by atoms with E-state index in [-0.39, 0.29) is 15.8 Å². The summed E-state index contributed by atoms with van der Waals surface area (Å²) >= 11 is 11.0. The summed E-state index contributed by atoms with van der Waals surface area (Å²) in [4.78, 5) is 22.5. The number of hydrogen-bond donors (Lipinski definition) is 2. The molecule has 1 amide bonds. The number of anilines is 1. The van der Waals surface area contributed by atoms with Crippen molar-refractivity contribution in [3.8, 4) is 5.75 Å². The van der Waals surface area contributed by atoms with Gasteiger partial charge in [0.05, 0.1) is 12.0 Å². The Morgan fingerprint density at radius 2 is 2.04 bits per heavy atom. The lowest BCUT2D eigenvalue weighted by Crippen LogP contribution is -2.34. The maximum Gasteiger partial charge on any atom is 0.288 e. The molecule has 0 spiro atoms. The van der Waals surface area contributed by atoms with E-state index in [1.807, 2.05) is 0 Å². The minimum atomic E-state index is -0.567. The molecule has 2 N–H and O–H groups in total. The van der Waals surface area contributed by atoms with Crippen LogP contribution in [-0.2, 0) is 0 Å². The fourth-order valence-corrected chi connectivity index (χ4v) is 2.47. The number of carbonyl (C=O) groups excluding carboxylic acids is 1. The van der Waals surface area contributed by atoms with Crippen LogP contribution in [-0.4, -0.2) is 23.1 Å². The Morgan fingerprint density at radius 1 is 1.32 bits per heavy atom. The van der Waals surface area contributed by atoms with Crippen molar-refractivity contribution >= 4 is 46.2 Å². The molecule has 25 heavy (non-hydrogen) atoms. The van der Waals surface area contributed by atoms with Crippen molar-refractivity contribution in [3.05, 3.63) is 62.7 Å². The maximum absolute atomic E-state index is 12.2. The first-order valence-electron chi connectivity index (χ1n) is 7.02. The lowest BCUT2D eigenvalue weighted by atomic mass is 10.2. The first-order chi connectivity index (χ1) is 11.8. The number of hydrogen-bond acceptors (Lipinski definition) is 5. The molecule has 0 fully saturated rings. The SMILES string of the molecule is COc1cccc(C(=O)NC(=S)Nc2cc(Cl)c([N+](=O)[O-])cc2C)c1. The van der Waals surface area contributed by atoms with Gasteiger partial charge in [-0.25, -0.2) is 0 Å². The third-order valence-electron chi connectivity index (χ3n) is 3.30. The van der Waals surface area contributed by atoms with Gasteiger partial charge < -0.3 is 10.1 Å². The van der Waals surface area contributed by atoms with E-state index in [2.05, 4.69) is 10.6 Å². The highest BCUT2D eigenvalue weighted by Gasteiger charge is 2.16. The average molecular weight is 380 g/mol. The van der Waals surface area contributed by atoms with E-state index >= 15 is 0 Å². The fourth-order valence-electron chi connectivity index (χ4n) is 2.03. The third kappa shape index (κ3) is 4.65. The molecular formula is C16H14ClN3O4S. The normalized spacial score (nSPS) is 10.0. The molecule has 2 rings (SSSR count). The monoisotopic (exact) mass is 379 g/mol. The summed E-state index contributed by atoms with van der Waals surface area (Å²) in [6.45, 7) is 1.66. The number of nitro groups is 1. The highest BCUT2D eigenvalue weighted by atomic mass is 35.5. The molecule has 0 aliphatic rings. The predicted molar refractivity (Wildman–Crippen MR) is 99.5 cm³/mol. The van der Waals surface area contributed by atoms with Crippen molar-refractivity contribution in [2.24, 2.45) is 0 Å². The van der Waals surface area contributed by atoms with Gasteiger partial charge in [-0.2, -0.15) is 0 Å². The Hall–Kier alpha value is -2.71. The van der Waals surface area contributed by atoms with Crippen LogP contribution in [0, 0.1) is 17.0 Å². The Kier molecular flexibility index (Phi) is 5.89. The Bertz CT molecular complexity index is 857. The molecule has 130 valence electrons. The molecule has 0 saturated heterocycles. The van der Waals surface area contributed by atoms with Crippen molar-refractivity contribution in [1.82, 2.24) is 5.32 Å². The van der Waals surface area contributed by atoms with Gasteiger partial charge in [-0.1, -0.05) is 17.7 Å². The van der Waals surface area contributed by atoms with Crippen molar-refractivity contribution < 1.29 is 14.5 Å². The van der Waals surface area contributed by atoms with Gasteiger partial charge in [0.15, 0.2) is 5.11 Å². The smallest absolute Gasteiger partial charge is 0.288 e. The number of nitro benzene ring substituents is 1. The first kappa shape index (κ1) is 18.6.